The van der Waals surface area contributed by atoms with Crippen LogP contribution < -0.4 is 15.8 Å². The van der Waals surface area contributed by atoms with Crippen molar-refractivity contribution in [1.29, 1.82) is 0 Å². The first-order valence-electron chi connectivity index (χ1n) is 4.16. The van der Waals surface area contributed by atoms with E-state index in [-0.39, 0.29) is 5.69 Å². The van der Waals surface area contributed by atoms with Crippen molar-refractivity contribution in [3.05, 3.63) is 24.0 Å². The summed E-state index contributed by atoms with van der Waals surface area (Å²) >= 11 is 0. The zero-order chi connectivity index (χ0) is 12.3. The number of carbonyl (C=O) groups is 1. The fourth-order valence-electron chi connectivity index (χ4n) is 0.969. The highest BCUT2D eigenvalue weighted by Gasteiger charge is 2.20. The van der Waals surface area contributed by atoms with Crippen molar-refractivity contribution in [2.24, 2.45) is 0 Å². The van der Waals surface area contributed by atoms with Gasteiger partial charge in [0.05, 0.1) is 5.69 Å². The standard InChI is InChI=1S/C8H10FN3O3S/c1-11-8(13)12-16(14,15)7-4-5(9)2-3-6(7)10/h2-4H,10H2,1H3,(H2,11,12,13). The lowest BCUT2D eigenvalue weighted by molar-refractivity contribution is 0.248. The van der Waals surface area contributed by atoms with Gasteiger partial charge in [-0.1, -0.05) is 0 Å². The van der Waals surface area contributed by atoms with Gasteiger partial charge in [0.1, 0.15) is 10.7 Å². The van der Waals surface area contributed by atoms with Crippen LogP contribution in [0.2, 0.25) is 0 Å². The summed E-state index contributed by atoms with van der Waals surface area (Å²) in [5, 5.41) is 2.06. The molecule has 0 bridgehead atoms. The third-order valence-corrected chi connectivity index (χ3v) is 3.11. The Kier molecular flexibility index (Phi) is 3.33. The van der Waals surface area contributed by atoms with Gasteiger partial charge in [-0.3, -0.25) is 0 Å². The first kappa shape index (κ1) is 12.2. The van der Waals surface area contributed by atoms with Crippen molar-refractivity contribution in [1.82, 2.24) is 10.0 Å². The van der Waals surface area contributed by atoms with E-state index in [1.54, 1.807) is 4.72 Å². The average Bonchev–Trinajstić information content (AvgIpc) is 2.20. The van der Waals surface area contributed by atoms with Crippen molar-refractivity contribution in [3.8, 4) is 0 Å². The second-order valence-electron chi connectivity index (χ2n) is 2.87. The molecule has 4 N–H and O–H groups in total. The number of nitrogens with one attached hydrogen (secondary N) is 2. The molecule has 0 spiro atoms. The molecule has 1 aromatic carbocycles. The Hall–Kier alpha value is -1.83. The summed E-state index contributed by atoms with van der Waals surface area (Å²) in [5.74, 6) is -0.758. The van der Waals surface area contributed by atoms with E-state index in [9.17, 15) is 17.6 Å². The van der Waals surface area contributed by atoms with Gasteiger partial charge in [-0.2, -0.15) is 0 Å². The second kappa shape index (κ2) is 4.35. The maximum absolute atomic E-state index is 12.8. The van der Waals surface area contributed by atoms with Gasteiger partial charge in [0.15, 0.2) is 0 Å². The zero-order valence-corrected chi connectivity index (χ0v) is 9.14. The lowest BCUT2D eigenvalue weighted by Gasteiger charge is -2.08. The van der Waals surface area contributed by atoms with E-state index >= 15 is 0 Å². The Balaban J connectivity index is 3.17. The van der Waals surface area contributed by atoms with Crippen molar-refractivity contribution in [3.63, 3.8) is 0 Å². The predicted octanol–water partition coefficient (Wildman–Crippen LogP) is 0.0256. The Morgan fingerprint density at radius 2 is 2.06 bits per heavy atom. The quantitative estimate of drug-likeness (QED) is 0.641. The summed E-state index contributed by atoms with van der Waals surface area (Å²) in [6, 6.07) is 1.94. The minimum atomic E-state index is -4.15. The van der Waals surface area contributed by atoms with Crippen LogP contribution in [-0.2, 0) is 10.0 Å². The van der Waals surface area contributed by atoms with Crippen molar-refractivity contribution in [2.75, 3.05) is 12.8 Å². The molecule has 8 heteroatoms. The molecule has 2 amide bonds. The van der Waals surface area contributed by atoms with E-state index in [2.05, 4.69) is 5.32 Å². The van der Waals surface area contributed by atoms with Crippen molar-refractivity contribution in [2.45, 2.75) is 4.90 Å². The monoisotopic (exact) mass is 247 g/mol. The SMILES string of the molecule is CNC(=O)NS(=O)(=O)c1cc(F)ccc1N. The highest BCUT2D eigenvalue weighted by atomic mass is 32.2. The highest BCUT2D eigenvalue weighted by molar-refractivity contribution is 7.90. The van der Waals surface area contributed by atoms with Crippen LogP contribution in [0.4, 0.5) is 14.9 Å². The Bertz CT molecular complexity index is 515. The van der Waals surface area contributed by atoms with Crippen LogP contribution in [0, 0.1) is 5.82 Å². The minimum Gasteiger partial charge on any atom is -0.398 e. The molecule has 0 radical (unpaired) electrons. The van der Waals surface area contributed by atoms with Gasteiger partial charge in [0, 0.05) is 7.05 Å². The van der Waals surface area contributed by atoms with Gasteiger partial charge in [-0.25, -0.2) is 22.3 Å². The number of nitrogen functional groups attached to an aromatic ring is 1. The number of nitrogens with two attached hydrogens (primary N) is 1. The molecule has 1 aromatic rings. The van der Waals surface area contributed by atoms with Gasteiger partial charge in [-0.05, 0) is 18.2 Å². The topological polar surface area (TPSA) is 101 Å². The molecular weight excluding hydrogens is 237 g/mol. The smallest absolute Gasteiger partial charge is 0.328 e. The Morgan fingerprint density at radius 1 is 1.44 bits per heavy atom. The van der Waals surface area contributed by atoms with Crippen LogP contribution in [0.15, 0.2) is 23.1 Å². The molecule has 0 fully saturated rings. The maximum Gasteiger partial charge on any atom is 0.328 e. The van der Waals surface area contributed by atoms with Gasteiger partial charge in [0.2, 0.25) is 0 Å². The van der Waals surface area contributed by atoms with E-state index in [0.29, 0.717) is 0 Å². The van der Waals surface area contributed by atoms with Gasteiger partial charge in [0.25, 0.3) is 10.0 Å². The number of amides is 2. The highest BCUT2D eigenvalue weighted by Crippen LogP contribution is 2.18. The first-order valence-corrected chi connectivity index (χ1v) is 5.64. The molecular formula is C8H10FN3O3S. The molecule has 6 nitrogen and oxygen atoms in total. The van der Waals surface area contributed by atoms with E-state index in [4.69, 9.17) is 5.73 Å². The van der Waals surface area contributed by atoms with Crippen LogP contribution in [0.25, 0.3) is 0 Å². The predicted molar refractivity (Wildman–Crippen MR) is 55.6 cm³/mol. The molecule has 0 atom stereocenters. The summed E-state index contributed by atoms with van der Waals surface area (Å²) in [5.41, 5.74) is 5.23. The van der Waals surface area contributed by atoms with Crippen LogP contribution in [0.1, 0.15) is 0 Å². The molecule has 0 aliphatic carbocycles. The van der Waals surface area contributed by atoms with Crippen LogP contribution in [0.5, 0.6) is 0 Å². The molecule has 88 valence electrons. The fraction of sp³-hybridized carbons (Fsp3) is 0.125. The van der Waals surface area contributed by atoms with E-state index in [1.165, 1.54) is 7.05 Å². The molecule has 0 saturated carbocycles. The Morgan fingerprint density at radius 3 is 2.62 bits per heavy atom. The maximum atomic E-state index is 12.8. The fourth-order valence-corrected chi connectivity index (χ4v) is 2.07. The van der Waals surface area contributed by atoms with Crippen molar-refractivity contribution >= 4 is 21.7 Å². The van der Waals surface area contributed by atoms with Crippen LogP contribution in [0.3, 0.4) is 0 Å². The Labute approximate surface area is 91.7 Å². The number of rotatable bonds is 2. The molecule has 1 rings (SSSR count). The second-order valence-corrected chi connectivity index (χ2v) is 4.52. The van der Waals surface area contributed by atoms with Crippen LogP contribution in [-0.4, -0.2) is 21.5 Å². The molecule has 16 heavy (non-hydrogen) atoms. The molecule has 0 saturated heterocycles. The molecule has 0 unspecified atom stereocenters. The minimum absolute atomic E-state index is 0.141. The number of anilines is 1. The summed E-state index contributed by atoms with van der Waals surface area (Å²) in [4.78, 5) is 10.4. The molecule has 0 aliphatic heterocycles. The van der Waals surface area contributed by atoms with E-state index in [0.717, 1.165) is 18.2 Å². The number of halogens is 1. The average molecular weight is 247 g/mol. The summed E-state index contributed by atoms with van der Waals surface area (Å²) in [6.07, 6.45) is 0. The lowest BCUT2D eigenvalue weighted by atomic mass is 10.3. The number of sulfonamides is 1. The summed E-state index contributed by atoms with van der Waals surface area (Å²) in [6.45, 7) is 0. The largest absolute Gasteiger partial charge is 0.398 e. The summed E-state index contributed by atoms with van der Waals surface area (Å²) < 4.78 is 37.6. The van der Waals surface area contributed by atoms with Crippen LogP contribution >= 0.6 is 0 Å². The number of carbonyl (C=O) groups excluding carboxylic acids is 1. The number of hydrogen-bond donors (Lipinski definition) is 3. The summed E-state index contributed by atoms with van der Waals surface area (Å²) in [7, 11) is -2.90. The first-order chi connectivity index (χ1) is 7.36. The normalized spacial score (nSPS) is 10.9. The van der Waals surface area contributed by atoms with Gasteiger partial charge in [-0.15, -0.1) is 0 Å². The zero-order valence-electron chi connectivity index (χ0n) is 8.32. The van der Waals surface area contributed by atoms with E-state index in [1.807, 2.05) is 0 Å². The number of benzene rings is 1. The third-order valence-electron chi connectivity index (χ3n) is 1.72. The molecule has 0 aliphatic rings. The molecule has 0 aromatic heterocycles. The lowest BCUT2D eigenvalue weighted by Crippen LogP contribution is -2.37. The van der Waals surface area contributed by atoms with Gasteiger partial charge >= 0.3 is 6.03 Å². The van der Waals surface area contributed by atoms with Crippen molar-refractivity contribution < 1.29 is 17.6 Å². The molecule has 0 heterocycles. The third kappa shape index (κ3) is 2.60. The van der Waals surface area contributed by atoms with Gasteiger partial charge < -0.3 is 11.1 Å². The number of urea groups is 1. The van der Waals surface area contributed by atoms with E-state index < -0.39 is 26.8 Å². The number of hydrogen-bond acceptors (Lipinski definition) is 4.